The number of hydrogen-bond donors (Lipinski definition) is 1. The molecule has 0 aliphatic carbocycles. The molecule has 0 fully saturated rings. The lowest BCUT2D eigenvalue weighted by molar-refractivity contribution is 0.283. The summed E-state index contributed by atoms with van der Waals surface area (Å²) in [6.07, 6.45) is 1.16. The van der Waals surface area contributed by atoms with Crippen molar-refractivity contribution in [3.63, 3.8) is 0 Å². The van der Waals surface area contributed by atoms with Crippen molar-refractivity contribution in [2.45, 2.75) is 32.5 Å². The van der Waals surface area contributed by atoms with Crippen molar-refractivity contribution in [2.24, 2.45) is 0 Å². The standard InChI is InChI=1S/C13H17FN3OSSi/c1-3-20(4-2)17-12-11(14)8-15-13(16-12)18-9-10-6-5-7-19-10/h5-8H,3-4,9H2,1-2H3,(H,15,16,17). The van der Waals surface area contributed by atoms with E-state index in [0.717, 1.165) is 23.2 Å². The van der Waals surface area contributed by atoms with E-state index >= 15 is 0 Å². The number of nitrogens with zero attached hydrogens (tertiary/aromatic N) is 2. The maximum atomic E-state index is 13.7. The first-order valence-corrected chi connectivity index (χ1v) is 9.31. The summed E-state index contributed by atoms with van der Waals surface area (Å²) in [5.41, 5.74) is 0. The SMILES string of the molecule is CC[Si](CC)Nc1nc(OCc2cccs2)ncc1F. The van der Waals surface area contributed by atoms with Gasteiger partial charge in [-0.25, -0.2) is 9.37 Å². The molecule has 0 saturated carbocycles. The molecule has 2 aromatic rings. The first kappa shape index (κ1) is 14.9. The second kappa shape index (κ2) is 7.35. The number of thiophene rings is 1. The van der Waals surface area contributed by atoms with Crippen LogP contribution in [0.5, 0.6) is 6.01 Å². The second-order valence-electron chi connectivity index (χ2n) is 4.15. The molecule has 2 rings (SSSR count). The van der Waals surface area contributed by atoms with Gasteiger partial charge in [-0.05, 0) is 23.5 Å². The average molecular weight is 310 g/mol. The fourth-order valence-electron chi connectivity index (χ4n) is 1.63. The summed E-state index contributed by atoms with van der Waals surface area (Å²) >= 11 is 1.60. The molecule has 0 aromatic carbocycles. The highest BCUT2D eigenvalue weighted by molar-refractivity contribution is 7.09. The monoisotopic (exact) mass is 310 g/mol. The van der Waals surface area contributed by atoms with Crippen LogP contribution in [0.3, 0.4) is 0 Å². The number of aromatic nitrogens is 2. The molecular formula is C13H17FN3OSSi. The summed E-state index contributed by atoms with van der Waals surface area (Å²) < 4.78 is 19.2. The van der Waals surface area contributed by atoms with Crippen LogP contribution in [-0.4, -0.2) is 18.9 Å². The molecule has 4 nitrogen and oxygen atoms in total. The second-order valence-corrected chi connectivity index (χ2v) is 8.06. The Morgan fingerprint density at radius 2 is 2.20 bits per heavy atom. The Bertz CT molecular complexity index is 534. The zero-order chi connectivity index (χ0) is 14.4. The van der Waals surface area contributed by atoms with Crippen LogP contribution in [0.1, 0.15) is 18.7 Å². The third-order valence-electron chi connectivity index (χ3n) is 2.79. The lowest BCUT2D eigenvalue weighted by Gasteiger charge is -2.14. The van der Waals surface area contributed by atoms with E-state index in [9.17, 15) is 4.39 Å². The Labute approximate surface area is 123 Å². The molecule has 0 aliphatic rings. The Hall–Kier alpha value is -1.47. The normalized spacial score (nSPS) is 10.8. The van der Waals surface area contributed by atoms with Gasteiger partial charge in [0.2, 0.25) is 0 Å². The highest BCUT2D eigenvalue weighted by Crippen LogP contribution is 2.17. The van der Waals surface area contributed by atoms with Crippen molar-refractivity contribution in [1.82, 2.24) is 9.97 Å². The maximum absolute atomic E-state index is 13.7. The van der Waals surface area contributed by atoms with Gasteiger partial charge in [-0.1, -0.05) is 19.9 Å². The van der Waals surface area contributed by atoms with E-state index in [1.807, 2.05) is 17.5 Å². The third-order valence-corrected chi connectivity index (χ3v) is 5.94. The van der Waals surface area contributed by atoms with E-state index in [-0.39, 0.29) is 11.8 Å². The predicted molar refractivity (Wildman–Crippen MR) is 81.0 cm³/mol. The number of halogens is 1. The number of rotatable bonds is 7. The molecule has 0 spiro atoms. The van der Waals surface area contributed by atoms with Gasteiger partial charge in [0.1, 0.15) is 6.61 Å². The summed E-state index contributed by atoms with van der Waals surface area (Å²) in [7, 11) is -0.805. The predicted octanol–water partition coefficient (Wildman–Crippen LogP) is 3.70. The molecule has 0 atom stereocenters. The number of hydrogen-bond acceptors (Lipinski definition) is 5. The van der Waals surface area contributed by atoms with Crippen LogP contribution in [0.4, 0.5) is 10.2 Å². The van der Waals surface area contributed by atoms with E-state index in [4.69, 9.17) is 4.74 Å². The van der Waals surface area contributed by atoms with Gasteiger partial charge in [-0.15, -0.1) is 11.3 Å². The van der Waals surface area contributed by atoms with Crippen LogP contribution in [0.2, 0.25) is 12.1 Å². The average Bonchev–Trinajstić information content (AvgIpc) is 2.98. The summed E-state index contributed by atoms with van der Waals surface area (Å²) in [4.78, 5) is 12.2. The summed E-state index contributed by atoms with van der Waals surface area (Å²) in [5, 5.41) is 1.98. The van der Waals surface area contributed by atoms with Crippen LogP contribution in [0.15, 0.2) is 23.7 Å². The van der Waals surface area contributed by atoms with Crippen LogP contribution < -0.4 is 9.72 Å². The maximum Gasteiger partial charge on any atom is 0.318 e. The molecule has 1 radical (unpaired) electrons. The molecule has 2 heterocycles. The third kappa shape index (κ3) is 4.01. The van der Waals surface area contributed by atoms with Crippen molar-refractivity contribution < 1.29 is 9.13 Å². The zero-order valence-corrected chi connectivity index (χ0v) is 13.3. The zero-order valence-electron chi connectivity index (χ0n) is 11.5. The first-order valence-electron chi connectivity index (χ1n) is 6.52. The lowest BCUT2D eigenvalue weighted by Crippen LogP contribution is -2.23. The van der Waals surface area contributed by atoms with Gasteiger partial charge < -0.3 is 9.72 Å². The van der Waals surface area contributed by atoms with E-state index < -0.39 is 14.8 Å². The summed E-state index contributed by atoms with van der Waals surface area (Å²) in [6, 6.07) is 6.16. The molecule has 0 saturated heterocycles. The van der Waals surface area contributed by atoms with Crippen LogP contribution >= 0.6 is 11.3 Å². The van der Waals surface area contributed by atoms with Crippen molar-refractivity contribution in [3.8, 4) is 6.01 Å². The number of ether oxygens (including phenoxy) is 1. The largest absolute Gasteiger partial charge is 0.458 e. The molecule has 0 unspecified atom stereocenters. The molecule has 2 aromatic heterocycles. The fourth-order valence-corrected chi connectivity index (χ4v) is 3.61. The molecule has 107 valence electrons. The molecule has 1 N–H and O–H groups in total. The van der Waals surface area contributed by atoms with Crippen molar-refractivity contribution in [3.05, 3.63) is 34.4 Å². The highest BCUT2D eigenvalue weighted by atomic mass is 32.1. The van der Waals surface area contributed by atoms with Gasteiger partial charge in [0, 0.05) is 4.88 Å². The summed E-state index contributed by atoms with van der Waals surface area (Å²) in [5.74, 6) is -0.184. The van der Waals surface area contributed by atoms with Crippen LogP contribution in [0, 0.1) is 5.82 Å². The molecular weight excluding hydrogens is 293 g/mol. The van der Waals surface area contributed by atoms with Gasteiger partial charge in [0.25, 0.3) is 0 Å². The smallest absolute Gasteiger partial charge is 0.318 e. The quantitative estimate of drug-likeness (QED) is 0.792. The Kier molecular flexibility index (Phi) is 5.48. The van der Waals surface area contributed by atoms with Crippen LogP contribution in [0.25, 0.3) is 0 Å². The Balaban J connectivity index is 2.03. The molecule has 7 heteroatoms. The fraction of sp³-hybridized carbons (Fsp3) is 0.385. The molecule has 0 bridgehead atoms. The Morgan fingerprint density at radius 1 is 1.40 bits per heavy atom. The highest BCUT2D eigenvalue weighted by Gasteiger charge is 2.13. The topological polar surface area (TPSA) is 47.0 Å². The van der Waals surface area contributed by atoms with E-state index in [1.54, 1.807) is 11.3 Å². The van der Waals surface area contributed by atoms with Crippen molar-refractivity contribution in [1.29, 1.82) is 0 Å². The number of nitrogens with one attached hydrogen (secondary N) is 1. The van der Waals surface area contributed by atoms with Gasteiger partial charge in [0.05, 0.1) is 6.20 Å². The van der Waals surface area contributed by atoms with Gasteiger partial charge >= 0.3 is 6.01 Å². The lowest BCUT2D eigenvalue weighted by atomic mass is 10.5. The minimum Gasteiger partial charge on any atom is -0.458 e. The van der Waals surface area contributed by atoms with E-state index in [0.29, 0.717) is 6.61 Å². The van der Waals surface area contributed by atoms with Crippen molar-refractivity contribution >= 4 is 26.1 Å². The first-order chi connectivity index (χ1) is 9.72. The minimum absolute atomic E-state index is 0.204. The van der Waals surface area contributed by atoms with E-state index in [2.05, 4.69) is 28.8 Å². The van der Waals surface area contributed by atoms with Gasteiger partial charge in [-0.2, -0.15) is 4.98 Å². The van der Waals surface area contributed by atoms with E-state index in [1.165, 1.54) is 0 Å². The Morgan fingerprint density at radius 3 is 2.85 bits per heavy atom. The molecule has 0 aliphatic heterocycles. The van der Waals surface area contributed by atoms with Crippen molar-refractivity contribution in [2.75, 3.05) is 4.98 Å². The molecule has 0 amide bonds. The van der Waals surface area contributed by atoms with Gasteiger partial charge in [0.15, 0.2) is 20.6 Å². The number of anilines is 1. The molecule has 20 heavy (non-hydrogen) atoms. The summed E-state index contributed by atoms with van der Waals surface area (Å²) in [6.45, 7) is 4.60. The van der Waals surface area contributed by atoms with Crippen LogP contribution in [-0.2, 0) is 6.61 Å². The van der Waals surface area contributed by atoms with Gasteiger partial charge in [-0.3, -0.25) is 0 Å². The minimum atomic E-state index is -0.805.